The Morgan fingerprint density at radius 1 is 1.16 bits per heavy atom. The first-order valence-electron chi connectivity index (χ1n) is 12.9. The first-order chi connectivity index (χ1) is 17.9. The minimum Gasteiger partial charge on any atom is -0.356 e. The van der Waals surface area contributed by atoms with Crippen molar-refractivity contribution < 1.29 is 0 Å². The Morgan fingerprint density at radius 3 is 2.70 bits per heavy atom. The largest absolute Gasteiger partial charge is 0.356 e. The summed E-state index contributed by atoms with van der Waals surface area (Å²) in [5, 5.41) is 10.7. The van der Waals surface area contributed by atoms with E-state index in [9.17, 15) is 0 Å². The lowest BCUT2D eigenvalue weighted by Gasteiger charge is -2.37. The zero-order valence-electron chi connectivity index (χ0n) is 22.1. The zero-order valence-corrected chi connectivity index (χ0v) is 22.9. The van der Waals surface area contributed by atoms with Gasteiger partial charge in [0.05, 0.1) is 22.4 Å². The van der Waals surface area contributed by atoms with Gasteiger partial charge in [0.1, 0.15) is 12.1 Å². The predicted molar refractivity (Wildman–Crippen MR) is 148 cm³/mol. The zero-order chi connectivity index (χ0) is 25.7. The van der Waals surface area contributed by atoms with Gasteiger partial charge < -0.3 is 9.88 Å². The highest BCUT2D eigenvalue weighted by molar-refractivity contribution is 7.03. The van der Waals surface area contributed by atoms with Crippen molar-refractivity contribution in [2.24, 2.45) is 0 Å². The summed E-state index contributed by atoms with van der Waals surface area (Å²) in [7, 11) is 2.20. The van der Waals surface area contributed by atoms with Crippen LogP contribution < -0.4 is 4.90 Å². The molecular formula is C27H33N9S. The van der Waals surface area contributed by atoms with Gasteiger partial charge in [0.25, 0.3) is 0 Å². The molecule has 192 valence electrons. The van der Waals surface area contributed by atoms with Crippen LogP contribution in [0, 0.1) is 13.8 Å². The fourth-order valence-electron chi connectivity index (χ4n) is 5.65. The number of hydrogen-bond acceptors (Lipinski definition) is 8. The second-order valence-electron chi connectivity index (χ2n) is 10.5. The van der Waals surface area contributed by atoms with Gasteiger partial charge in [-0.1, -0.05) is 18.3 Å². The number of fused-ring (bicyclic) bond motifs is 2. The third-order valence-corrected chi connectivity index (χ3v) is 8.42. The smallest absolute Gasteiger partial charge is 0.158 e. The first kappa shape index (κ1) is 24.0. The van der Waals surface area contributed by atoms with Crippen molar-refractivity contribution in [1.29, 1.82) is 0 Å². The van der Waals surface area contributed by atoms with Crippen molar-refractivity contribution >= 4 is 34.0 Å². The van der Waals surface area contributed by atoms with E-state index in [2.05, 4.69) is 87.5 Å². The highest BCUT2D eigenvalue weighted by Gasteiger charge is 2.25. The summed E-state index contributed by atoms with van der Waals surface area (Å²) in [5.74, 6) is 1.38. The van der Waals surface area contributed by atoms with Gasteiger partial charge in [0.15, 0.2) is 5.65 Å². The Balaban J connectivity index is 1.29. The number of rotatable bonds is 6. The summed E-state index contributed by atoms with van der Waals surface area (Å²) in [6, 6.07) is 4.90. The van der Waals surface area contributed by atoms with Crippen LogP contribution in [0.5, 0.6) is 0 Å². The Bertz CT molecular complexity index is 1540. The normalized spacial score (nSPS) is 15.2. The number of nitrogens with one attached hydrogen (secondary N) is 1. The van der Waals surface area contributed by atoms with Gasteiger partial charge in [0.2, 0.25) is 0 Å². The third-order valence-electron chi connectivity index (χ3n) is 7.87. The number of nitrogens with zero attached hydrogens (tertiary/aromatic N) is 8. The molecule has 6 heterocycles. The summed E-state index contributed by atoms with van der Waals surface area (Å²) in [6.45, 7) is 11.6. The SMILES string of the molecule is Cc1c(-c2[nH]c3ccc(N4CCC(N(C)Cc5csnn5)CC4)nc3c2C(C)C)cn2ncnc2c1C. The third kappa shape index (κ3) is 4.27. The maximum absolute atomic E-state index is 5.23. The lowest BCUT2D eigenvalue weighted by molar-refractivity contribution is 0.198. The molecule has 0 unspecified atom stereocenters. The molecule has 9 nitrogen and oxygen atoms in total. The summed E-state index contributed by atoms with van der Waals surface area (Å²) in [5.41, 5.74) is 10.00. The molecule has 0 amide bonds. The number of aryl methyl sites for hydroxylation is 1. The van der Waals surface area contributed by atoms with Crippen LogP contribution in [0.15, 0.2) is 30.0 Å². The van der Waals surface area contributed by atoms with Gasteiger partial charge in [0, 0.05) is 48.4 Å². The molecule has 0 bridgehead atoms. The van der Waals surface area contributed by atoms with E-state index in [4.69, 9.17) is 4.98 Å². The van der Waals surface area contributed by atoms with Crippen molar-refractivity contribution in [1.82, 2.24) is 39.1 Å². The van der Waals surface area contributed by atoms with Gasteiger partial charge >= 0.3 is 0 Å². The molecule has 0 aromatic carbocycles. The number of pyridine rings is 2. The van der Waals surface area contributed by atoms with E-state index in [1.807, 2.05) is 9.90 Å². The van der Waals surface area contributed by atoms with Crippen LogP contribution in [0.3, 0.4) is 0 Å². The minimum absolute atomic E-state index is 0.317. The summed E-state index contributed by atoms with van der Waals surface area (Å²) in [4.78, 5) is 18.2. The molecule has 10 heteroatoms. The van der Waals surface area contributed by atoms with E-state index >= 15 is 0 Å². The molecule has 0 radical (unpaired) electrons. The molecule has 0 atom stereocenters. The van der Waals surface area contributed by atoms with Crippen LogP contribution in [-0.2, 0) is 6.54 Å². The van der Waals surface area contributed by atoms with Crippen molar-refractivity contribution in [2.75, 3.05) is 25.0 Å². The van der Waals surface area contributed by atoms with E-state index < -0.39 is 0 Å². The average molecular weight is 516 g/mol. The predicted octanol–water partition coefficient (Wildman–Crippen LogP) is 4.97. The Morgan fingerprint density at radius 2 is 1.97 bits per heavy atom. The van der Waals surface area contributed by atoms with Crippen molar-refractivity contribution in [3.63, 3.8) is 0 Å². The van der Waals surface area contributed by atoms with Crippen molar-refractivity contribution in [3.05, 3.63) is 52.4 Å². The molecule has 0 spiro atoms. The number of anilines is 1. The molecule has 5 aromatic heterocycles. The Kier molecular flexibility index (Phi) is 6.16. The van der Waals surface area contributed by atoms with Gasteiger partial charge in [-0.15, -0.1) is 5.10 Å². The molecule has 0 saturated carbocycles. The van der Waals surface area contributed by atoms with Crippen LogP contribution in [0.25, 0.3) is 27.9 Å². The number of piperidine rings is 1. The van der Waals surface area contributed by atoms with E-state index in [0.29, 0.717) is 12.0 Å². The van der Waals surface area contributed by atoms with Crippen LogP contribution in [0.1, 0.15) is 55.0 Å². The maximum Gasteiger partial charge on any atom is 0.158 e. The molecule has 6 rings (SSSR count). The lowest BCUT2D eigenvalue weighted by Crippen LogP contribution is -2.43. The molecule has 1 saturated heterocycles. The Labute approximate surface area is 220 Å². The van der Waals surface area contributed by atoms with E-state index in [1.165, 1.54) is 22.7 Å². The topological polar surface area (TPSA) is 91.1 Å². The Hall–Kier alpha value is -3.37. The van der Waals surface area contributed by atoms with E-state index in [0.717, 1.165) is 77.5 Å². The monoisotopic (exact) mass is 515 g/mol. The number of aromatic amines is 1. The first-order valence-corrected chi connectivity index (χ1v) is 13.8. The number of aromatic nitrogens is 7. The van der Waals surface area contributed by atoms with Gasteiger partial charge in [-0.05, 0) is 74.4 Å². The lowest BCUT2D eigenvalue weighted by atomic mass is 9.95. The van der Waals surface area contributed by atoms with Crippen molar-refractivity contribution in [2.45, 2.75) is 59.0 Å². The molecule has 1 aliphatic rings. The van der Waals surface area contributed by atoms with Crippen LogP contribution >= 0.6 is 11.5 Å². The highest BCUT2D eigenvalue weighted by atomic mass is 32.1. The molecule has 0 aliphatic carbocycles. The van der Waals surface area contributed by atoms with Crippen LogP contribution in [0.2, 0.25) is 0 Å². The quantitative estimate of drug-likeness (QED) is 0.342. The molecule has 1 N–H and O–H groups in total. The van der Waals surface area contributed by atoms with Crippen LogP contribution in [0.4, 0.5) is 5.82 Å². The van der Waals surface area contributed by atoms with E-state index in [1.54, 1.807) is 6.33 Å². The second kappa shape index (κ2) is 9.50. The maximum atomic E-state index is 5.23. The second-order valence-corrected chi connectivity index (χ2v) is 11.1. The molecule has 5 aromatic rings. The van der Waals surface area contributed by atoms with Crippen LogP contribution in [-0.4, -0.2) is 65.2 Å². The van der Waals surface area contributed by atoms with Gasteiger partial charge in [-0.2, -0.15) is 5.10 Å². The molecule has 1 aliphatic heterocycles. The fourth-order valence-corrected chi connectivity index (χ4v) is 6.10. The number of hydrogen-bond donors (Lipinski definition) is 1. The standard InChI is InChI=1S/C27H33N9S/c1-16(2)24-25(21-13-36-27(28-15-29-36)18(4)17(21)3)30-22-6-7-23(31-26(22)24)35-10-8-20(9-11-35)34(5)12-19-14-37-33-32-19/h6-7,13-16,20,30H,8-12H2,1-5H3. The van der Waals surface area contributed by atoms with E-state index in [-0.39, 0.29) is 0 Å². The van der Waals surface area contributed by atoms with Gasteiger partial charge in [-0.25, -0.2) is 14.5 Å². The number of H-pyrrole nitrogens is 1. The van der Waals surface area contributed by atoms with Crippen molar-refractivity contribution in [3.8, 4) is 11.3 Å². The van der Waals surface area contributed by atoms with Gasteiger partial charge in [-0.3, -0.25) is 4.90 Å². The summed E-state index contributed by atoms with van der Waals surface area (Å²) in [6.07, 6.45) is 5.93. The minimum atomic E-state index is 0.317. The summed E-state index contributed by atoms with van der Waals surface area (Å²) < 4.78 is 5.87. The summed E-state index contributed by atoms with van der Waals surface area (Å²) >= 11 is 1.42. The highest BCUT2D eigenvalue weighted by Crippen LogP contribution is 2.38. The average Bonchev–Trinajstić information content (AvgIpc) is 3.65. The fraction of sp³-hybridized carbons (Fsp3) is 0.444. The molecule has 37 heavy (non-hydrogen) atoms. The molecule has 1 fully saturated rings. The molecular weight excluding hydrogens is 482 g/mol.